The smallest absolute Gasteiger partial charge is 0.274 e. The van der Waals surface area contributed by atoms with Crippen molar-refractivity contribution in [1.29, 1.82) is 0 Å². The lowest BCUT2D eigenvalue weighted by atomic mass is 10.1. The number of anilines is 1. The van der Waals surface area contributed by atoms with Gasteiger partial charge in [0.05, 0.1) is 24.0 Å². The Morgan fingerprint density at radius 3 is 2.41 bits per heavy atom. The van der Waals surface area contributed by atoms with E-state index >= 15 is 0 Å². The van der Waals surface area contributed by atoms with Crippen LogP contribution in [0.3, 0.4) is 0 Å². The van der Waals surface area contributed by atoms with Crippen LogP contribution in [0.2, 0.25) is 0 Å². The summed E-state index contributed by atoms with van der Waals surface area (Å²) in [4.78, 5) is 25.9. The van der Waals surface area contributed by atoms with Crippen LogP contribution in [0.15, 0.2) is 69.9 Å². The van der Waals surface area contributed by atoms with E-state index in [2.05, 4.69) is 26.3 Å². The lowest BCUT2D eigenvalue weighted by molar-refractivity contribution is -0.115. The van der Waals surface area contributed by atoms with Crippen LogP contribution >= 0.6 is 15.9 Å². The molecule has 0 fully saturated rings. The van der Waals surface area contributed by atoms with Crippen molar-refractivity contribution in [2.24, 2.45) is 0 Å². The molecule has 1 aromatic heterocycles. The first-order valence-electron chi connectivity index (χ1n) is 10.1. The number of aromatic nitrogens is 2. The highest BCUT2D eigenvalue weighted by Crippen LogP contribution is 2.21. The van der Waals surface area contributed by atoms with E-state index in [1.807, 2.05) is 32.0 Å². The Bertz CT molecular complexity index is 1380. The van der Waals surface area contributed by atoms with Crippen molar-refractivity contribution >= 4 is 38.3 Å². The van der Waals surface area contributed by atoms with Crippen molar-refractivity contribution < 1.29 is 9.18 Å². The van der Waals surface area contributed by atoms with Crippen LogP contribution in [0.4, 0.5) is 10.1 Å². The number of para-hydroxylation sites is 1. The van der Waals surface area contributed by atoms with Crippen molar-refractivity contribution in [1.82, 2.24) is 9.78 Å². The third kappa shape index (κ3) is 4.48. The molecule has 32 heavy (non-hydrogen) atoms. The molecule has 3 aromatic carbocycles. The molecule has 0 radical (unpaired) electrons. The maximum absolute atomic E-state index is 14.4. The second-order valence-corrected chi connectivity index (χ2v) is 8.60. The van der Waals surface area contributed by atoms with Gasteiger partial charge in [-0.05, 0) is 43.2 Å². The number of amides is 1. The molecule has 7 heteroatoms. The average Bonchev–Trinajstić information content (AvgIpc) is 2.76. The normalized spacial score (nSPS) is 11.0. The molecule has 4 rings (SSSR count). The highest BCUT2D eigenvalue weighted by atomic mass is 79.9. The van der Waals surface area contributed by atoms with Gasteiger partial charge in [-0.25, -0.2) is 9.07 Å². The minimum Gasteiger partial charge on any atom is -0.325 e. The number of carbonyl (C=O) groups excluding carboxylic acids is 1. The lowest BCUT2D eigenvalue weighted by Crippen LogP contribution is -2.27. The first-order valence-corrected chi connectivity index (χ1v) is 10.9. The number of halogens is 2. The predicted octanol–water partition coefficient (Wildman–Crippen LogP) is 5.14. The van der Waals surface area contributed by atoms with Crippen LogP contribution in [-0.2, 0) is 17.8 Å². The third-order valence-electron chi connectivity index (χ3n) is 5.35. The standard InChI is InChI=1S/C25H21BrFN3O2/c1-15-6-5-7-16(2)24(15)28-23(31)13-22-19-8-3-4-9-20(19)25(32)30(29-22)14-17-10-11-18(26)12-21(17)27/h3-12H,13-14H2,1-2H3,(H,28,31). The summed E-state index contributed by atoms with van der Waals surface area (Å²) < 4.78 is 16.2. The summed E-state index contributed by atoms with van der Waals surface area (Å²) in [6.07, 6.45) is -0.0165. The maximum atomic E-state index is 14.4. The number of fused-ring (bicyclic) bond motifs is 1. The van der Waals surface area contributed by atoms with Crippen LogP contribution in [0.25, 0.3) is 10.8 Å². The van der Waals surface area contributed by atoms with E-state index < -0.39 is 5.82 Å². The van der Waals surface area contributed by atoms with Gasteiger partial charge in [-0.15, -0.1) is 0 Å². The van der Waals surface area contributed by atoms with Gasteiger partial charge in [0.2, 0.25) is 5.91 Å². The molecule has 1 amide bonds. The molecule has 0 unspecified atom stereocenters. The summed E-state index contributed by atoms with van der Waals surface area (Å²) in [6, 6.07) is 17.5. The van der Waals surface area contributed by atoms with E-state index in [0.717, 1.165) is 16.8 Å². The number of nitrogens with zero attached hydrogens (tertiary/aromatic N) is 2. The zero-order valence-corrected chi connectivity index (χ0v) is 19.2. The number of benzene rings is 3. The van der Waals surface area contributed by atoms with Gasteiger partial charge in [-0.1, -0.05) is 58.4 Å². The molecule has 1 heterocycles. The van der Waals surface area contributed by atoms with Crippen molar-refractivity contribution in [3.63, 3.8) is 0 Å². The van der Waals surface area contributed by atoms with E-state index in [0.29, 0.717) is 26.5 Å². The molecule has 162 valence electrons. The fourth-order valence-electron chi connectivity index (χ4n) is 3.70. The number of nitrogens with one attached hydrogen (secondary N) is 1. The molecule has 0 aliphatic carbocycles. The molecular weight excluding hydrogens is 473 g/mol. The van der Waals surface area contributed by atoms with E-state index in [-0.39, 0.29) is 24.4 Å². The molecule has 0 saturated heterocycles. The molecule has 1 N–H and O–H groups in total. The van der Waals surface area contributed by atoms with Gasteiger partial charge in [0.1, 0.15) is 5.82 Å². The van der Waals surface area contributed by atoms with Crippen molar-refractivity contribution in [2.75, 3.05) is 5.32 Å². The van der Waals surface area contributed by atoms with Gasteiger partial charge in [-0.3, -0.25) is 9.59 Å². The van der Waals surface area contributed by atoms with Gasteiger partial charge in [0, 0.05) is 21.1 Å². The molecule has 0 spiro atoms. The van der Waals surface area contributed by atoms with Crippen molar-refractivity contribution in [3.8, 4) is 0 Å². The van der Waals surface area contributed by atoms with Gasteiger partial charge in [-0.2, -0.15) is 5.10 Å². The Labute approximate surface area is 193 Å². The summed E-state index contributed by atoms with van der Waals surface area (Å²) in [6.45, 7) is 3.83. The monoisotopic (exact) mass is 493 g/mol. The summed E-state index contributed by atoms with van der Waals surface area (Å²) >= 11 is 3.24. The SMILES string of the molecule is Cc1cccc(C)c1NC(=O)Cc1nn(Cc2ccc(Br)cc2F)c(=O)c2ccccc12. The summed E-state index contributed by atoms with van der Waals surface area (Å²) in [5.74, 6) is -0.671. The minimum atomic E-state index is -0.435. The molecule has 5 nitrogen and oxygen atoms in total. The van der Waals surface area contributed by atoms with Crippen molar-refractivity contribution in [3.05, 3.63) is 104 Å². The van der Waals surface area contributed by atoms with Crippen molar-refractivity contribution in [2.45, 2.75) is 26.8 Å². The highest BCUT2D eigenvalue weighted by Gasteiger charge is 2.16. The van der Waals surface area contributed by atoms with E-state index in [4.69, 9.17) is 0 Å². The van der Waals surface area contributed by atoms with E-state index in [1.165, 1.54) is 10.7 Å². The fourth-order valence-corrected chi connectivity index (χ4v) is 4.03. The Morgan fingerprint density at radius 2 is 1.72 bits per heavy atom. The van der Waals surface area contributed by atoms with Gasteiger partial charge < -0.3 is 5.32 Å². The highest BCUT2D eigenvalue weighted by molar-refractivity contribution is 9.10. The van der Waals surface area contributed by atoms with Crippen LogP contribution in [-0.4, -0.2) is 15.7 Å². The number of rotatable bonds is 5. The number of aryl methyl sites for hydroxylation is 2. The minimum absolute atomic E-state index is 0.0165. The van der Waals surface area contributed by atoms with Gasteiger partial charge >= 0.3 is 0 Å². The van der Waals surface area contributed by atoms with E-state index in [1.54, 1.807) is 36.4 Å². The summed E-state index contributed by atoms with van der Waals surface area (Å²) in [7, 11) is 0. The second-order valence-electron chi connectivity index (χ2n) is 7.68. The first kappa shape index (κ1) is 21.9. The summed E-state index contributed by atoms with van der Waals surface area (Å²) in [5.41, 5.74) is 3.16. The Kier molecular flexibility index (Phi) is 6.19. The largest absolute Gasteiger partial charge is 0.325 e. The predicted molar refractivity (Wildman–Crippen MR) is 127 cm³/mol. The van der Waals surface area contributed by atoms with Gasteiger partial charge in [0.25, 0.3) is 5.56 Å². The number of carbonyl (C=O) groups is 1. The molecule has 0 saturated carbocycles. The maximum Gasteiger partial charge on any atom is 0.274 e. The Morgan fingerprint density at radius 1 is 1.03 bits per heavy atom. The molecule has 0 bridgehead atoms. The lowest BCUT2D eigenvalue weighted by Gasteiger charge is -2.14. The molecule has 0 aliphatic heterocycles. The topological polar surface area (TPSA) is 64.0 Å². The second kappa shape index (κ2) is 9.04. The quantitative estimate of drug-likeness (QED) is 0.418. The number of hydrogen-bond donors (Lipinski definition) is 1. The molecule has 4 aromatic rings. The molecular formula is C25H21BrFN3O2. The Hall–Kier alpha value is -3.32. The van der Waals surface area contributed by atoms with Crippen LogP contribution in [0.5, 0.6) is 0 Å². The molecule has 0 aliphatic rings. The molecule has 0 atom stereocenters. The van der Waals surface area contributed by atoms with Crippen LogP contribution in [0, 0.1) is 19.7 Å². The zero-order chi connectivity index (χ0) is 22.8. The van der Waals surface area contributed by atoms with E-state index in [9.17, 15) is 14.0 Å². The van der Waals surface area contributed by atoms with Crippen LogP contribution in [0.1, 0.15) is 22.4 Å². The van der Waals surface area contributed by atoms with Crippen LogP contribution < -0.4 is 10.9 Å². The third-order valence-corrected chi connectivity index (χ3v) is 5.85. The fraction of sp³-hybridized carbons (Fsp3) is 0.160. The summed E-state index contributed by atoms with van der Waals surface area (Å²) in [5, 5.41) is 8.46. The van der Waals surface area contributed by atoms with Gasteiger partial charge in [0.15, 0.2) is 0 Å². The first-order chi connectivity index (χ1) is 15.3. The zero-order valence-electron chi connectivity index (χ0n) is 17.7. The Balaban J connectivity index is 1.71. The average molecular weight is 494 g/mol. The number of hydrogen-bond acceptors (Lipinski definition) is 3.